The van der Waals surface area contributed by atoms with E-state index in [4.69, 9.17) is 0 Å². The number of carbonyl (C=O) groups excluding carboxylic acids is 1. The fraction of sp³-hybridized carbons (Fsp3) is 0.500. The molecule has 1 aromatic rings. The van der Waals surface area contributed by atoms with Crippen molar-refractivity contribution >= 4 is 11.6 Å². The molecule has 12 heavy (non-hydrogen) atoms. The van der Waals surface area contributed by atoms with Gasteiger partial charge in [0, 0.05) is 12.1 Å². The first-order valence-electron chi connectivity index (χ1n) is 4.16. The first-order chi connectivity index (χ1) is 5.86. The molecule has 4 heteroatoms. The summed E-state index contributed by atoms with van der Waals surface area (Å²) in [6.07, 6.45) is 6.53. The lowest BCUT2D eigenvalue weighted by atomic mass is 9.85. The van der Waals surface area contributed by atoms with Crippen LogP contribution in [-0.2, 0) is 4.79 Å². The van der Waals surface area contributed by atoms with Gasteiger partial charge in [0.1, 0.15) is 0 Å². The van der Waals surface area contributed by atoms with Crippen molar-refractivity contribution in [3.63, 3.8) is 0 Å². The highest BCUT2D eigenvalue weighted by Crippen LogP contribution is 2.27. The largest absolute Gasteiger partial charge is 0.323 e. The molecule has 0 saturated heterocycles. The maximum absolute atomic E-state index is 11.3. The van der Waals surface area contributed by atoms with E-state index in [2.05, 4.69) is 15.5 Å². The van der Waals surface area contributed by atoms with Crippen molar-refractivity contribution in [2.24, 2.45) is 5.92 Å². The molecule has 2 rings (SSSR count). The summed E-state index contributed by atoms with van der Waals surface area (Å²) in [6.45, 7) is 0. The molecule has 0 bridgehead atoms. The smallest absolute Gasteiger partial charge is 0.227 e. The highest BCUT2D eigenvalue weighted by Gasteiger charge is 2.25. The Morgan fingerprint density at radius 1 is 1.67 bits per heavy atom. The van der Waals surface area contributed by atoms with Gasteiger partial charge in [0.25, 0.3) is 0 Å². The second-order valence-corrected chi connectivity index (χ2v) is 3.10. The normalized spacial score (nSPS) is 17.0. The summed E-state index contributed by atoms with van der Waals surface area (Å²) in [5.41, 5.74) is 0.756. The number of anilines is 1. The molecule has 2 N–H and O–H groups in total. The van der Waals surface area contributed by atoms with Crippen LogP contribution in [0.2, 0.25) is 0 Å². The molecular formula is C8H11N3O. The number of amides is 1. The number of hydrogen-bond donors (Lipinski definition) is 2. The van der Waals surface area contributed by atoms with Crippen LogP contribution in [0.1, 0.15) is 19.3 Å². The SMILES string of the molecule is O=C(Nc1cn[nH]c1)C1CCC1. The highest BCUT2D eigenvalue weighted by molar-refractivity contribution is 5.92. The number of nitrogens with zero attached hydrogens (tertiary/aromatic N) is 1. The maximum Gasteiger partial charge on any atom is 0.227 e. The summed E-state index contributed by atoms with van der Waals surface area (Å²) in [7, 11) is 0. The molecule has 0 spiro atoms. The quantitative estimate of drug-likeness (QED) is 0.690. The third-order valence-electron chi connectivity index (χ3n) is 2.24. The Morgan fingerprint density at radius 2 is 2.50 bits per heavy atom. The predicted molar refractivity (Wildman–Crippen MR) is 44.6 cm³/mol. The maximum atomic E-state index is 11.3. The van der Waals surface area contributed by atoms with Crippen molar-refractivity contribution < 1.29 is 4.79 Å². The van der Waals surface area contributed by atoms with E-state index in [0.29, 0.717) is 0 Å². The Hall–Kier alpha value is -1.32. The molecule has 0 atom stereocenters. The van der Waals surface area contributed by atoms with Crippen molar-refractivity contribution in [3.05, 3.63) is 12.4 Å². The van der Waals surface area contributed by atoms with Crippen LogP contribution in [0.15, 0.2) is 12.4 Å². The van der Waals surface area contributed by atoms with Gasteiger partial charge in [0.2, 0.25) is 5.91 Å². The van der Waals surface area contributed by atoms with Gasteiger partial charge in [-0.2, -0.15) is 5.10 Å². The monoisotopic (exact) mass is 165 g/mol. The minimum atomic E-state index is 0.127. The van der Waals surface area contributed by atoms with E-state index >= 15 is 0 Å². The minimum Gasteiger partial charge on any atom is -0.323 e. The molecule has 1 aliphatic carbocycles. The molecule has 4 nitrogen and oxygen atoms in total. The Kier molecular flexibility index (Phi) is 1.81. The Labute approximate surface area is 70.4 Å². The molecule has 1 aliphatic rings. The van der Waals surface area contributed by atoms with Crippen LogP contribution in [0.5, 0.6) is 0 Å². The second kappa shape index (κ2) is 2.97. The molecule has 0 aliphatic heterocycles. The number of hydrogen-bond acceptors (Lipinski definition) is 2. The molecule has 1 saturated carbocycles. The van der Waals surface area contributed by atoms with Crippen LogP contribution in [0.3, 0.4) is 0 Å². The van der Waals surface area contributed by atoms with Gasteiger partial charge >= 0.3 is 0 Å². The first kappa shape index (κ1) is 7.34. The molecule has 0 unspecified atom stereocenters. The van der Waals surface area contributed by atoms with E-state index in [1.807, 2.05) is 0 Å². The predicted octanol–water partition coefficient (Wildman–Crippen LogP) is 1.15. The fourth-order valence-corrected chi connectivity index (χ4v) is 1.23. The number of nitrogens with one attached hydrogen (secondary N) is 2. The Bertz CT molecular complexity index is 264. The third kappa shape index (κ3) is 1.32. The summed E-state index contributed by atoms with van der Waals surface area (Å²) >= 11 is 0. The van der Waals surface area contributed by atoms with Crippen LogP contribution in [0, 0.1) is 5.92 Å². The zero-order valence-corrected chi connectivity index (χ0v) is 6.71. The van der Waals surface area contributed by atoms with E-state index in [1.165, 1.54) is 6.42 Å². The van der Waals surface area contributed by atoms with Gasteiger partial charge in [-0.15, -0.1) is 0 Å². The minimum absolute atomic E-state index is 0.127. The second-order valence-electron chi connectivity index (χ2n) is 3.10. The first-order valence-corrected chi connectivity index (χ1v) is 4.16. The zero-order valence-electron chi connectivity index (χ0n) is 6.71. The Morgan fingerprint density at radius 3 is 3.00 bits per heavy atom. The Balaban J connectivity index is 1.90. The van der Waals surface area contributed by atoms with Gasteiger partial charge in [-0.25, -0.2) is 0 Å². The lowest BCUT2D eigenvalue weighted by Crippen LogP contribution is -2.27. The average Bonchev–Trinajstić information content (AvgIpc) is 2.34. The van der Waals surface area contributed by atoms with Crippen LogP contribution in [0.4, 0.5) is 5.69 Å². The van der Waals surface area contributed by atoms with E-state index in [0.717, 1.165) is 18.5 Å². The van der Waals surface area contributed by atoms with Crippen molar-refractivity contribution in [3.8, 4) is 0 Å². The van der Waals surface area contributed by atoms with Crippen molar-refractivity contribution in [1.29, 1.82) is 0 Å². The number of carbonyl (C=O) groups is 1. The molecule has 64 valence electrons. The van der Waals surface area contributed by atoms with Gasteiger partial charge in [-0.05, 0) is 12.8 Å². The topological polar surface area (TPSA) is 57.8 Å². The summed E-state index contributed by atoms with van der Waals surface area (Å²) < 4.78 is 0. The van der Waals surface area contributed by atoms with Crippen LogP contribution in [-0.4, -0.2) is 16.1 Å². The van der Waals surface area contributed by atoms with Crippen LogP contribution < -0.4 is 5.32 Å². The van der Waals surface area contributed by atoms with Gasteiger partial charge in [0.15, 0.2) is 0 Å². The summed E-state index contributed by atoms with van der Waals surface area (Å²) in [6, 6.07) is 0. The number of aromatic nitrogens is 2. The number of aromatic amines is 1. The van der Waals surface area contributed by atoms with Gasteiger partial charge in [-0.3, -0.25) is 9.89 Å². The summed E-state index contributed by atoms with van der Waals surface area (Å²) in [4.78, 5) is 11.3. The van der Waals surface area contributed by atoms with Crippen molar-refractivity contribution in [2.45, 2.75) is 19.3 Å². The zero-order chi connectivity index (χ0) is 8.39. The molecule has 1 heterocycles. The molecule has 1 aromatic heterocycles. The summed E-state index contributed by atoms with van der Waals surface area (Å²) in [5.74, 6) is 0.363. The highest BCUT2D eigenvalue weighted by atomic mass is 16.1. The van der Waals surface area contributed by atoms with Crippen LogP contribution >= 0.6 is 0 Å². The molecule has 1 amide bonds. The number of rotatable bonds is 2. The van der Waals surface area contributed by atoms with E-state index < -0.39 is 0 Å². The van der Waals surface area contributed by atoms with E-state index in [9.17, 15) is 4.79 Å². The van der Waals surface area contributed by atoms with Crippen molar-refractivity contribution in [2.75, 3.05) is 5.32 Å². The number of H-pyrrole nitrogens is 1. The van der Waals surface area contributed by atoms with Crippen LogP contribution in [0.25, 0.3) is 0 Å². The average molecular weight is 165 g/mol. The molecule has 1 fully saturated rings. The van der Waals surface area contributed by atoms with Gasteiger partial charge in [0.05, 0.1) is 11.9 Å². The van der Waals surface area contributed by atoms with Crippen molar-refractivity contribution in [1.82, 2.24) is 10.2 Å². The van der Waals surface area contributed by atoms with E-state index in [1.54, 1.807) is 12.4 Å². The molecule has 0 aromatic carbocycles. The standard InChI is InChI=1S/C8H11N3O/c12-8(6-2-1-3-6)11-7-4-9-10-5-7/h4-6H,1-3H2,(H,9,10)(H,11,12). The fourth-order valence-electron chi connectivity index (χ4n) is 1.23. The summed E-state index contributed by atoms with van der Waals surface area (Å²) in [5, 5.41) is 9.18. The lowest BCUT2D eigenvalue weighted by Gasteiger charge is -2.23. The molecule has 0 radical (unpaired) electrons. The third-order valence-corrected chi connectivity index (χ3v) is 2.24. The lowest BCUT2D eigenvalue weighted by molar-refractivity contribution is -0.122. The van der Waals surface area contributed by atoms with E-state index in [-0.39, 0.29) is 11.8 Å². The van der Waals surface area contributed by atoms with Gasteiger partial charge in [-0.1, -0.05) is 6.42 Å². The molecular weight excluding hydrogens is 154 g/mol. The van der Waals surface area contributed by atoms with Gasteiger partial charge < -0.3 is 5.32 Å².